The van der Waals surface area contributed by atoms with Crippen molar-refractivity contribution < 1.29 is 9.47 Å². The van der Waals surface area contributed by atoms with E-state index in [1.54, 1.807) is 7.11 Å². The van der Waals surface area contributed by atoms with Crippen LogP contribution in [0.2, 0.25) is 0 Å². The first-order valence-corrected chi connectivity index (χ1v) is 6.22. The van der Waals surface area contributed by atoms with Crippen molar-refractivity contribution in [2.24, 2.45) is 3.21 Å². The lowest BCUT2D eigenvalue weighted by Gasteiger charge is -2.03. The van der Waals surface area contributed by atoms with Crippen molar-refractivity contribution in [1.82, 2.24) is 0 Å². The number of hydrogen-bond acceptors (Lipinski definition) is 3. The van der Waals surface area contributed by atoms with E-state index in [2.05, 4.69) is 3.21 Å². The van der Waals surface area contributed by atoms with Gasteiger partial charge in [0.25, 0.3) is 0 Å². The molecule has 1 aromatic carbocycles. The molecule has 0 saturated heterocycles. The molecule has 3 nitrogen and oxygen atoms in total. The second-order valence-electron chi connectivity index (χ2n) is 2.79. The van der Waals surface area contributed by atoms with Crippen molar-refractivity contribution in [2.45, 2.75) is 6.92 Å². The van der Waals surface area contributed by atoms with Crippen LogP contribution >= 0.6 is 21.0 Å². The van der Waals surface area contributed by atoms with E-state index < -0.39 is 0 Å². The van der Waals surface area contributed by atoms with Gasteiger partial charge in [-0.05, 0) is 24.3 Å². The molecule has 0 saturated carbocycles. The molecule has 0 fully saturated rings. The van der Waals surface area contributed by atoms with Crippen LogP contribution in [0.4, 0.5) is 0 Å². The summed E-state index contributed by atoms with van der Waals surface area (Å²) in [6, 6.07) is 7.87. The van der Waals surface area contributed by atoms with Gasteiger partial charge in [-0.25, -0.2) is 0 Å². The van der Waals surface area contributed by atoms with E-state index in [9.17, 15) is 0 Å². The van der Waals surface area contributed by atoms with Gasteiger partial charge in [0.05, 0.1) is 28.1 Å². The van der Waals surface area contributed by atoms with Crippen LogP contribution in [0.3, 0.4) is 0 Å². The summed E-state index contributed by atoms with van der Waals surface area (Å²) in [5.41, 5.74) is 1.11. The van der Waals surface area contributed by atoms with Gasteiger partial charge in [-0.1, -0.05) is 0 Å². The topological polar surface area (TPSA) is 30.8 Å². The summed E-state index contributed by atoms with van der Waals surface area (Å²) in [6.07, 6.45) is 0. The molecule has 4 heteroatoms. The molecule has 0 unspecified atom stereocenters. The lowest BCUT2D eigenvalue weighted by Crippen LogP contribution is -2.04. The molecule has 1 aromatic rings. The van der Waals surface area contributed by atoms with Crippen LogP contribution in [0.5, 0.6) is 5.75 Å². The predicted octanol–water partition coefficient (Wildman–Crippen LogP) is 2.51. The zero-order valence-corrected chi connectivity index (χ0v) is 10.1. The summed E-state index contributed by atoms with van der Waals surface area (Å²) in [6.45, 7) is 1.89. The second-order valence-corrected chi connectivity index (χ2v) is 4.74. The quantitative estimate of drug-likeness (QED) is 0.786. The Morgan fingerprint density at radius 2 is 2.00 bits per heavy atom. The molecule has 0 aromatic heterocycles. The van der Waals surface area contributed by atoms with Crippen molar-refractivity contribution in [2.75, 3.05) is 7.11 Å². The fourth-order valence-corrected chi connectivity index (χ4v) is 2.80. The highest BCUT2D eigenvalue weighted by atomic mass is 127. The first kappa shape index (κ1) is 9.64. The first-order valence-electron chi connectivity index (χ1n) is 4.17. The van der Waals surface area contributed by atoms with E-state index in [0.29, 0.717) is 0 Å². The summed E-state index contributed by atoms with van der Waals surface area (Å²) in [5, 5.41) is 0. The van der Waals surface area contributed by atoms with Crippen LogP contribution in [0.25, 0.3) is 0 Å². The number of hydrogen-bond donors (Lipinski definition) is 0. The van der Waals surface area contributed by atoms with E-state index in [1.165, 1.54) is 0 Å². The van der Waals surface area contributed by atoms with Crippen molar-refractivity contribution >= 4 is 30.6 Å². The van der Waals surface area contributed by atoms with Crippen LogP contribution in [0.15, 0.2) is 27.5 Å². The Bertz CT molecular complexity index is 395. The third kappa shape index (κ3) is 1.95. The summed E-state index contributed by atoms with van der Waals surface area (Å²) in [4.78, 5) is 0. The van der Waals surface area contributed by atoms with Gasteiger partial charge in [-0.2, -0.15) is 3.21 Å². The minimum absolute atomic E-state index is 0.315. The molecule has 2 rings (SSSR count). The van der Waals surface area contributed by atoms with Crippen molar-refractivity contribution in [3.63, 3.8) is 0 Å². The molecule has 0 bridgehead atoms. The average Bonchev–Trinajstić information content (AvgIpc) is 2.65. The molecule has 0 aliphatic carbocycles. The van der Waals surface area contributed by atoms with Crippen LogP contribution in [0, 0.1) is 0 Å². The van der Waals surface area contributed by atoms with E-state index in [-0.39, 0.29) is 21.0 Å². The van der Waals surface area contributed by atoms with Crippen molar-refractivity contribution in [3.05, 3.63) is 29.8 Å². The molecule has 0 atom stereocenters. The predicted molar refractivity (Wildman–Crippen MR) is 65.3 cm³/mol. The number of methoxy groups -OCH3 is 1. The number of nitrogens with zero attached hydrogens (tertiary/aromatic N) is 1. The molecule has 0 N–H and O–H groups in total. The van der Waals surface area contributed by atoms with E-state index >= 15 is 0 Å². The molecule has 1 heterocycles. The number of benzene rings is 1. The van der Waals surface area contributed by atoms with Crippen molar-refractivity contribution in [3.8, 4) is 5.75 Å². The summed E-state index contributed by atoms with van der Waals surface area (Å²) in [5.74, 6) is 1.65. The molecule has 14 heavy (non-hydrogen) atoms. The highest BCUT2D eigenvalue weighted by Gasteiger charge is 2.10. The summed E-state index contributed by atoms with van der Waals surface area (Å²) >= 11 is -0.315. The second kappa shape index (κ2) is 4.08. The Morgan fingerprint density at radius 3 is 2.50 bits per heavy atom. The molecule has 1 aliphatic rings. The fraction of sp³-hybridized carbons (Fsp3) is 0.200. The number of ether oxygens (including phenoxy) is 2. The number of rotatable bonds is 2. The lowest BCUT2D eigenvalue weighted by atomic mass is 10.2. The van der Waals surface area contributed by atoms with Crippen LogP contribution in [-0.4, -0.2) is 16.7 Å². The maximum Gasteiger partial charge on any atom is 0.197 e. The van der Waals surface area contributed by atoms with E-state index in [4.69, 9.17) is 9.47 Å². The lowest BCUT2D eigenvalue weighted by molar-refractivity contribution is 0.414. The zero-order valence-electron chi connectivity index (χ0n) is 7.95. The number of halogens is 1. The van der Waals surface area contributed by atoms with E-state index in [0.717, 1.165) is 20.9 Å². The van der Waals surface area contributed by atoms with Gasteiger partial charge < -0.3 is 9.47 Å². The van der Waals surface area contributed by atoms with Gasteiger partial charge in [0.1, 0.15) is 5.75 Å². The Labute approximate surface area is 92.9 Å². The smallest absolute Gasteiger partial charge is 0.197 e. The van der Waals surface area contributed by atoms with Gasteiger partial charge in [0, 0.05) is 12.5 Å². The molecular formula is C10H10INO2. The van der Waals surface area contributed by atoms with Gasteiger partial charge in [-0.15, -0.1) is 0 Å². The highest BCUT2D eigenvalue weighted by molar-refractivity contribution is 14.2. The fourth-order valence-electron chi connectivity index (χ4n) is 1.09. The minimum atomic E-state index is -0.315. The SMILES string of the molecule is COc1ccc(C2=IN=C(C)O2)cc1. The van der Waals surface area contributed by atoms with Gasteiger partial charge in [0.15, 0.2) is 9.59 Å². The maximum atomic E-state index is 5.50. The van der Waals surface area contributed by atoms with Gasteiger partial charge in [-0.3, -0.25) is 0 Å². The molecule has 1 aliphatic heterocycles. The normalized spacial score (nSPS) is 15.0. The average molecular weight is 303 g/mol. The highest BCUT2D eigenvalue weighted by Crippen LogP contribution is 2.21. The minimum Gasteiger partial charge on any atom is -0.497 e. The molecule has 74 valence electrons. The van der Waals surface area contributed by atoms with Gasteiger partial charge >= 0.3 is 0 Å². The van der Waals surface area contributed by atoms with Crippen molar-refractivity contribution in [1.29, 1.82) is 0 Å². The van der Waals surface area contributed by atoms with Gasteiger partial charge in [0.2, 0.25) is 0 Å². The summed E-state index contributed by atoms with van der Waals surface area (Å²) in [7, 11) is 1.66. The molecule has 0 radical (unpaired) electrons. The Hall–Kier alpha value is -0.910. The van der Waals surface area contributed by atoms with Crippen LogP contribution in [0.1, 0.15) is 12.5 Å². The largest absolute Gasteiger partial charge is 0.497 e. The van der Waals surface area contributed by atoms with E-state index in [1.807, 2.05) is 31.2 Å². The Morgan fingerprint density at radius 1 is 1.29 bits per heavy atom. The molecular weight excluding hydrogens is 293 g/mol. The molecule has 0 spiro atoms. The standard InChI is InChI=1S/C10H10INO2/c1-7-12-11-10(14-7)8-3-5-9(13-2)6-4-8/h3-6H,1-2H3. The third-order valence-corrected chi connectivity index (χ3v) is 3.99. The maximum absolute atomic E-state index is 5.50. The monoisotopic (exact) mass is 303 g/mol. The van der Waals surface area contributed by atoms with Crippen LogP contribution < -0.4 is 4.74 Å². The first-order chi connectivity index (χ1) is 6.79. The summed E-state index contributed by atoms with van der Waals surface area (Å²) < 4.78 is 15.9. The zero-order chi connectivity index (χ0) is 9.97. The Kier molecular flexibility index (Phi) is 2.81. The third-order valence-electron chi connectivity index (χ3n) is 1.79. The molecule has 0 amide bonds. The van der Waals surface area contributed by atoms with Crippen LogP contribution in [-0.2, 0) is 4.74 Å². The Balaban J connectivity index is 2.19.